The van der Waals surface area contributed by atoms with Crippen molar-refractivity contribution < 1.29 is 0 Å². The first kappa shape index (κ1) is 11.2. The summed E-state index contributed by atoms with van der Waals surface area (Å²) in [4.78, 5) is 10.3. The van der Waals surface area contributed by atoms with Crippen LogP contribution < -0.4 is 5.32 Å². The largest absolute Gasteiger partial charge is 0.372 e. The molecule has 1 N–H and O–H groups in total. The summed E-state index contributed by atoms with van der Waals surface area (Å²) in [6.45, 7) is 2.08. The van der Waals surface area contributed by atoms with E-state index in [1.165, 1.54) is 5.56 Å². The van der Waals surface area contributed by atoms with Crippen LogP contribution in [0.4, 0.5) is 5.82 Å². The Kier molecular flexibility index (Phi) is 2.72. The van der Waals surface area contributed by atoms with E-state index in [4.69, 9.17) is 0 Å². The smallest absolute Gasteiger partial charge is 0.163 e. The van der Waals surface area contributed by atoms with Gasteiger partial charge in [-0.2, -0.15) is 0 Å². The molecule has 1 aromatic carbocycles. The highest BCUT2D eigenvalue weighted by Gasteiger charge is 2.10. The van der Waals surface area contributed by atoms with E-state index in [-0.39, 0.29) is 0 Å². The standard InChI is InChI=1S/C14H13N3S/c1-9-5-3-4-6-10(9)13-16-12(15-2)11-7-8-18-14(11)17-13/h3-8H,1-2H3,(H,15,16,17). The second kappa shape index (κ2) is 4.38. The SMILES string of the molecule is CNc1nc(-c2ccccc2C)nc2sccc12. The molecule has 3 rings (SSSR count). The highest BCUT2D eigenvalue weighted by molar-refractivity contribution is 7.16. The number of fused-ring (bicyclic) bond motifs is 1. The van der Waals surface area contributed by atoms with E-state index < -0.39 is 0 Å². The summed E-state index contributed by atoms with van der Waals surface area (Å²) in [6, 6.07) is 10.2. The summed E-state index contributed by atoms with van der Waals surface area (Å²) in [7, 11) is 1.89. The Morgan fingerprint density at radius 2 is 1.94 bits per heavy atom. The zero-order valence-corrected chi connectivity index (χ0v) is 11.1. The van der Waals surface area contributed by atoms with Crippen molar-refractivity contribution in [2.45, 2.75) is 6.92 Å². The second-order valence-electron chi connectivity index (χ2n) is 4.10. The minimum absolute atomic E-state index is 0.785. The average Bonchev–Trinajstić information content (AvgIpc) is 2.86. The Balaban J connectivity index is 2.27. The van der Waals surface area contributed by atoms with Crippen LogP contribution in [0.15, 0.2) is 35.7 Å². The van der Waals surface area contributed by atoms with Gasteiger partial charge in [0.05, 0.1) is 5.39 Å². The van der Waals surface area contributed by atoms with Crippen molar-refractivity contribution in [3.63, 3.8) is 0 Å². The lowest BCUT2D eigenvalue weighted by Gasteiger charge is -2.07. The van der Waals surface area contributed by atoms with Crippen molar-refractivity contribution in [2.75, 3.05) is 12.4 Å². The molecule has 0 radical (unpaired) electrons. The summed E-state index contributed by atoms with van der Waals surface area (Å²) in [5.41, 5.74) is 2.28. The maximum Gasteiger partial charge on any atom is 0.163 e. The number of hydrogen-bond acceptors (Lipinski definition) is 4. The molecule has 0 aliphatic rings. The normalized spacial score (nSPS) is 10.8. The van der Waals surface area contributed by atoms with Gasteiger partial charge in [-0.25, -0.2) is 9.97 Å². The maximum absolute atomic E-state index is 4.64. The summed E-state index contributed by atoms with van der Waals surface area (Å²) in [5.74, 6) is 1.67. The molecule has 0 amide bonds. The third-order valence-electron chi connectivity index (χ3n) is 2.95. The summed E-state index contributed by atoms with van der Waals surface area (Å²) in [6.07, 6.45) is 0. The van der Waals surface area contributed by atoms with Crippen molar-refractivity contribution in [2.24, 2.45) is 0 Å². The summed E-state index contributed by atoms with van der Waals surface area (Å²) >= 11 is 1.64. The van der Waals surface area contributed by atoms with Gasteiger partial charge in [-0.15, -0.1) is 11.3 Å². The van der Waals surface area contributed by atoms with Crippen molar-refractivity contribution in [3.8, 4) is 11.4 Å². The third-order valence-corrected chi connectivity index (χ3v) is 3.75. The molecule has 0 saturated heterocycles. The lowest BCUT2D eigenvalue weighted by molar-refractivity contribution is 1.21. The Morgan fingerprint density at radius 3 is 2.72 bits per heavy atom. The van der Waals surface area contributed by atoms with Crippen LogP contribution in [0.2, 0.25) is 0 Å². The van der Waals surface area contributed by atoms with Gasteiger partial charge < -0.3 is 5.32 Å². The number of aromatic nitrogens is 2. The monoisotopic (exact) mass is 255 g/mol. The van der Waals surface area contributed by atoms with E-state index in [0.717, 1.165) is 27.4 Å². The molecule has 0 fully saturated rings. The maximum atomic E-state index is 4.64. The van der Waals surface area contributed by atoms with Gasteiger partial charge in [0.2, 0.25) is 0 Å². The van der Waals surface area contributed by atoms with Crippen LogP contribution in [0.25, 0.3) is 21.6 Å². The first-order valence-electron chi connectivity index (χ1n) is 5.78. The van der Waals surface area contributed by atoms with Crippen LogP contribution >= 0.6 is 11.3 Å². The molecule has 0 spiro atoms. The van der Waals surface area contributed by atoms with Crippen molar-refractivity contribution in [1.82, 2.24) is 9.97 Å². The van der Waals surface area contributed by atoms with Gasteiger partial charge in [-0.1, -0.05) is 24.3 Å². The van der Waals surface area contributed by atoms with E-state index in [0.29, 0.717) is 0 Å². The van der Waals surface area contributed by atoms with Gasteiger partial charge in [-0.3, -0.25) is 0 Å². The predicted molar refractivity (Wildman–Crippen MR) is 77.1 cm³/mol. The van der Waals surface area contributed by atoms with Crippen LogP contribution in [0, 0.1) is 6.92 Å². The van der Waals surface area contributed by atoms with Gasteiger partial charge in [0.1, 0.15) is 10.6 Å². The molecule has 2 aromatic heterocycles. The van der Waals surface area contributed by atoms with Gasteiger partial charge in [0, 0.05) is 12.6 Å². The van der Waals surface area contributed by atoms with Gasteiger partial charge in [0.15, 0.2) is 5.82 Å². The van der Waals surface area contributed by atoms with Crippen LogP contribution in [0.3, 0.4) is 0 Å². The molecule has 90 valence electrons. The van der Waals surface area contributed by atoms with E-state index in [2.05, 4.69) is 34.3 Å². The minimum atomic E-state index is 0.785. The van der Waals surface area contributed by atoms with Crippen molar-refractivity contribution in [1.29, 1.82) is 0 Å². The van der Waals surface area contributed by atoms with E-state index >= 15 is 0 Å². The molecule has 3 nitrogen and oxygen atoms in total. The van der Waals surface area contributed by atoms with Crippen molar-refractivity contribution >= 4 is 27.4 Å². The fourth-order valence-electron chi connectivity index (χ4n) is 1.99. The molecular formula is C14H13N3S. The Morgan fingerprint density at radius 1 is 1.11 bits per heavy atom. The second-order valence-corrected chi connectivity index (χ2v) is 4.99. The highest BCUT2D eigenvalue weighted by Crippen LogP contribution is 2.29. The Hall–Kier alpha value is -1.94. The van der Waals surface area contributed by atoms with E-state index in [1.54, 1.807) is 11.3 Å². The summed E-state index contributed by atoms with van der Waals surface area (Å²) in [5, 5.41) is 6.27. The minimum Gasteiger partial charge on any atom is -0.372 e. The van der Waals surface area contributed by atoms with Crippen LogP contribution in [-0.2, 0) is 0 Å². The number of hydrogen-bond donors (Lipinski definition) is 1. The number of rotatable bonds is 2. The number of benzene rings is 1. The lowest BCUT2D eigenvalue weighted by Crippen LogP contribution is -1.98. The number of thiophene rings is 1. The van der Waals surface area contributed by atoms with Crippen molar-refractivity contribution in [3.05, 3.63) is 41.3 Å². The fraction of sp³-hybridized carbons (Fsp3) is 0.143. The molecule has 0 atom stereocenters. The highest BCUT2D eigenvalue weighted by atomic mass is 32.1. The number of anilines is 1. The van der Waals surface area contributed by atoms with Gasteiger partial charge in [-0.05, 0) is 23.9 Å². The average molecular weight is 255 g/mol. The zero-order chi connectivity index (χ0) is 12.5. The van der Waals surface area contributed by atoms with Gasteiger partial charge >= 0.3 is 0 Å². The Bertz CT molecular complexity index is 703. The molecule has 0 aliphatic carbocycles. The predicted octanol–water partition coefficient (Wildman–Crippen LogP) is 3.71. The Labute approximate surface area is 110 Å². The zero-order valence-electron chi connectivity index (χ0n) is 10.3. The van der Waals surface area contributed by atoms with Crippen LogP contribution in [0.5, 0.6) is 0 Å². The fourth-order valence-corrected chi connectivity index (χ4v) is 2.75. The third kappa shape index (κ3) is 1.75. The molecule has 2 heterocycles. The molecule has 0 aliphatic heterocycles. The lowest BCUT2D eigenvalue weighted by atomic mass is 10.1. The number of nitrogens with one attached hydrogen (secondary N) is 1. The van der Waals surface area contributed by atoms with Gasteiger partial charge in [0.25, 0.3) is 0 Å². The molecule has 0 unspecified atom stereocenters. The van der Waals surface area contributed by atoms with Crippen LogP contribution in [0.1, 0.15) is 5.56 Å². The summed E-state index contributed by atoms with van der Waals surface area (Å²) < 4.78 is 0. The van der Waals surface area contributed by atoms with E-state index in [9.17, 15) is 0 Å². The quantitative estimate of drug-likeness (QED) is 0.758. The van der Waals surface area contributed by atoms with E-state index in [1.807, 2.05) is 30.6 Å². The first-order chi connectivity index (χ1) is 8.79. The molecule has 4 heteroatoms. The topological polar surface area (TPSA) is 37.8 Å². The molecule has 18 heavy (non-hydrogen) atoms. The molecular weight excluding hydrogens is 242 g/mol. The first-order valence-corrected chi connectivity index (χ1v) is 6.66. The molecule has 0 saturated carbocycles. The molecule has 3 aromatic rings. The number of nitrogens with zero attached hydrogens (tertiary/aromatic N) is 2. The number of aryl methyl sites for hydroxylation is 1. The molecule has 0 bridgehead atoms. The van der Waals surface area contributed by atoms with Crippen LogP contribution in [-0.4, -0.2) is 17.0 Å².